The molecule has 2 amide bonds. The minimum absolute atomic E-state index is 0.00191. The molecule has 0 radical (unpaired) electrons. The number of nitrogens with zero attached hydrogens (tertiary/aromatic N) is 1. The number of para-hydroxylation sites is 2. The monoisotopic (exact) mass is 388 g/mol. The normalized spacial score (nSPS) is 10.6. The summed E-state index contributed by atoms with van der Waals surface area (Å²) in [5, 5.41) is 3.41. The molecule has 0 aliphatic heterocycles. The lowest BCUT2D eigenvalue weighted by Crippen LogP contribution is -2.32. The molecular formula is C21H25ClN2O3. The van der Waals surface area contributed by atoms with Crippen LogP contribution in [0, 0.1) is 6.92 Å². The number of ether oxygens (including phenoxy) is 1. The fourth-order valence-electron chi connectivity index (χ4n) is 2.67. The smallest absolute Gasteiger partial charge is 0.226 e. The third-order valence-corrected chi connectivity index (χ3v) is 4.16. The third kappa shape index (κ3) is 6.00. The fraction of sp³-hybridized carbons (Fsp3) is 0.333. The molecule has 0 unspecified atom stereocenters. The van der Waals surface area contributed by atoms with Gasteiger partial charge in [0.2, 0.25) is 11.8 Å². The summed E-state index contributed by atoms with van der Waals surface area (Å²) in [4.78, 5) is 26.1. The van der Waals surface area contributed by atoms with E-state index in [9.17, 15) is 9.59 Å². The Morgan fingerprint density at radius 1 is 1.19 bits per heavy atom. The van der Waals surface area contributed by atoms with Gasteiger partial charge >= 0.3 is 0 Å². The molecule has 0 saturated heterocycles. The first kappa shape index (κ1) is 20.8. The van der Waals surface area contributed by atoms with E-state index >= 15 is 0 Å². The molecular weight excluding hydrogens is 364 g/mol. The molecule has 144 valence electrons. The van der Waals surface area contributed by atoms with Crippen LogP contribution in [0.15, 0.2) is 42.5 Å². The Labute approximate surface area is 165 Å². The first-order valence-electron chi connectivity index (χ1n) is 8.87. The number of carbonyl (C=O) groups is 2. The summed E-state index contributed by atoms with van der Waals surface area (Å²) in [5.41, 5.74) is 2.25. The highest BCUT2D eigenvalue weighted by Crippen LogP contribution is 2.26. The highest BCUT2D eigenvalue weighted by molar-refractivity contribution is 6.31. The molecule has 0 bridgehead atoms. The van der Waals surface area contributed by atoms with Crippen LogP contribution in [-0.2, 0) is 9.59 Å². The van der Waals surface area contributed by atoms with Gasteiger partial charge in [0.05, 0.1) is 11.8 Å². The molecule has 2 rings (SSSR count). The first-order chi connectivity index (χ1) is 12.8. The number of anilines is 2. The lowest BCUT2D eigenvalue weighted by molar-refractivity contribution is -0.117. The van der Waals surface area contributed by atoms with Crippen molar-refractivity contribution in [2.24, 2.45) is 0 Å². The second-order valence-corrected chi connectivity index (χ2v) is 7.00. The summed E-state index contributed by atoms with van der Waals surface area (Å²) < 4.78 is 5.71. The predicted molar refractivity (Wildman–Crippen MR) is 110 cm³/mol. The average molecular weight is 389 g/mol. The molecule has 0 saturated carbocycles. The van der Waals surface area contributed by atoms with Crippen LogP contribution in [0.2, 0.25) is 5.02 Å². The SMILES string of the molecule is CC(=O)N(CCC(=O)Nc1ccccc1OC(C)C)c1cc(Cl)ccc1C. The van der Waals surface area contributed by atoms with E-state index in [0.717, 1.165) is 5.56 Å². The second-order valence-electron chi connectivity index (χ2n) is 6.56. The maximum Gasteiger partial charge on any atom is 0.226 e. The van der Waals surface area contributed by atoms with Gasteiger partial charge in [0, 0.05) is 30.6 Å². The number of aryl methyl sites for hydroxylation is 1. The standard InChI is InChI=1S/C21H25ClN2O3/c1-14(2)27-20-8-6-5-7-18(20)23-21(26)11-12-24(16(4)25)19-13-17(22)10-9-15(19)3/h5-10,13-14H,11-12H2,1-4H3,(H,23,26). The van der Waals surface area contributed by atoms with Gasteiger partial charge < -0.3 is 15.0 Å². The van der Waals surface area contributed by atoms with Crippen LogP contribution in [-0.4, -0.2) is 24.5 Å². The molecule has 5 nitrogen and oxygen atoms in total. The van der Waals surface area contributed by atoms with Gasteiger partial charge in [-0.1, -0.05) is 29.8 Å². The molecule has 0 atom stereocenters. The Hall–Kier alpha value is -2.53. The summed E-state index contributed by atoms with van der Waals surface area (Å²) in [6.45, 7) is 7.49. The third-order valence-electron chi connectivity index (χ3n) is 3.93. The van der Waals surface area contributed by atoms with Crippen molar-refractivity contribution >= 4 is 34.8 Å². The van der Waals surface area contributed by atoms with Crippen LogP contribution in [0.1, 0.15) is 32.8 Å². The summed E-state index contributed by atoms with van der Waals surface area (Å²) in [6.07, 6.45) is 0.156. The van der Waals surface area contributed by atoms with Gasteiger partial charge in [0.1, 0.15) is 5.75 Å². The fourth-order valence-corrected chi connectivity index (χ4v) is 2.84. The van der Waals surface area contributed by atoms with Crippen LogP contribution in [0.3, 0.4) is 0 Å². The van der Waals surface area contributed by atoms with E-state index in [0.29, 0.717) is 22.1 Å². The summed E-state index contributed by atoms with van der Waals surface area (Å²) in [6, 6.07) is 12.7. The van der Waals surface area contributed by atoms with E-state index < -0.39 is 0 Å². The molecule has 2 aromatic carbocycles. The molecule has 0 aromatic heterocycles. The van der Waals surface area contributed by atoms with E-state index in [1.54, 1.807) is 23.1 Å². The Bertz CT molecular complexity index is 821. The van der Waals surface area contributed by atoms with Crippen molar-refractivity contribution in [2.75, 3.05) is 16.8 Å². The van der Waals surface area contributed by atoms with Crippen molar-refractivity contribution in [1.29, 1.82) is 0 Å². The Kier molecular flexibility index (Phi) is 7.25. The molecule has 27 heavy (non-hydrogen) atoms. The molecule has 0 aliphatic carbocycles. The van der Waals surface area contributed by atoms with Gasteiger partial charge in [-0.3, -0.25) is 9.59 Å². The van der Waals surface area contributed by atoms with Gasteiger partial charge in [-0.15, -0.1) is 0 Å². The minimum atomic E-state index is -0.194. The van der Waals surface area contributed by atoms with Gasteiger partial charge in [-0.25, -0.2) is 0 Å². The zero-order valence-electron chi connectivity index (χ0n) is 16.1. The van der Waals surface area contributed by atoms with E-state index in [2.05, 4.69) is 5.32 Å². The van der Waals surface area contributed by atoms with Crippen molar-refractivity contribution < 1.29 is 14.3 Å². The van der Waals surface area contributed by atoms with E-state index in [4.69, 9.17) is 16.3 Å². The summed E-state index contributed by atoms with van der Waals surface area (Å²) in [5.74, 6) is 0.285. The van der Waals surface area contributed by atoms with Crippen molar-refractivity contribution in [3.05, 3.63) is 53.1 Å². The van der Waals surface area contributed by atoms with Crippen molar-refractivity contribution in [1.82, 2.24) is 0 Å². The van der Waals surface area contributed by atoms with Gasteiger partial charge in [-0.2, -0.15) is 0 Å². The number of nitrogens with one attached hydrogen (secondary N) is 1. The lowest BCUT2D eigenvalue weighted by atomic mass is 10.1. The number of halogens is 1. The molecule has 0 spiro atoms. The van der Waals surface area contributed by atoms with Crippen molar-refractivity contribution in [2.45, 2.75) is 40.2 Å². The van der Waals surface area contributed by atoms with E-state index in [-0.39, 0.29) is 30.9 Å². The van der Waals surface area contributed by atoms with Gasteiger partial charge in [0.15, 0.2) is 0 Å². The topological polar surface area (TPSA) is 58.6 Å². The maximum absolute atomic E-state index is 12.4. The highest BCUT2D eigenvalue weighted by Gasteiger charge is 2.17. The summed E-state index contributed by atoms with van der Waals surface area (Å²) in [7, 11) is 0. The lowest BCUT2D eigenvalue weighted by Gasteiger charge is -2.23. The Morgan fingerprint density at radius 2 is 1.89 bits per heavy atom. The predicted octanol–water partition coefficient (Wildman–Crippen LogP) is 4.82. The van der Waals surface area contributed by atoms with Crippen LogP contribution >= 0.6 is 11.6 Å². The van der Waals surface area contributed by atoms with E-state index in [1.165, 1.54) is 6.92 Å². The minimum Gasteiger partial charge on any atom is -0.489 e. The number of benzene rings is 2. The molecule has 2 aromatic rings. The number of rotatable bonds is 7. The van der Waals surface area contributed by atoms with Crippen molar-refractivity contribution in [3.8, 4) is 5.75 Å². The number of carbonyl (C=O) groups excluding carboxylic acids is 2. The zero-order valence-corrected chi connectivity index (χ0v) is 16.8. The number of hydrogen-bond donors (Lipinski definition) is 1. The largest absolute Gasteiger partial charge is 0.489 e. The molecule has 0 fully saturated rings. The second kappa shape index (κ2) is 9.42. The Morgan fingerprint density at radius 3 is 2.56 bits per heavy atom. The number of hydrogen-bond acceptors (Lipinski definition) is 3. The van der Waals surface area contributed by atoms with Crippen LogP contribution in [0.4, 0.5) is 11.4 Å². The van der Waals surface area contributed by atoms with Crippen LogP contribution < -0.4 is 15.0 Å². The molecule has 0 aliphatic rings. The van der Waals surface area contributed by atoms with Gasteiger partial charge in [-0.05, 0) is 50.6 Å². The Balaban J connectivity index is 2.07. The summed E-state index contributed by atoms with van der Waals surface area (Å²) >= 11 is 6.06. The number of amides is 2. The molecule has 6 heteroatoms. The molecule has 1 N–H and O–H groups in total. The quantitative estimate of drug-likeness (QED) is 0.739. The average Bonchev–Trinajstić information content (AvgIpc) is 2.59. The first-order valence-corrected chi connectivity index (χ1v) is 9.25. The maximum atomic E-state index is 12.4. The van der Waals surface area contributed by atoms with Crippen molar-refractivity contribution in [3.63, 3.8) is 0 Å². The van der Waals surface area contributed by atoms with Crippen LogP contribution in [0.5, 0.6) is 5.75 Å². The highest BCUT2D eigenvalue weighted by atomic mass is 35.5. The van der Waals surface area contributed by atoms with E-state index in [1.807, 2.05) is 45.0 Å². The zero-order chi connectivity index (χ0) is 20.0. The molecule has 0 heterocycles. The van der Waals surface area contributed by atoms with Gasteiger partial charge in [0.25, 0.3) is 0 Å². The van der Waals surface area contributed by atoms with Crippen LogP contribution in [0.25, 0.3) is 0 Å².